The fraction of sp³-hybridized carbons (Fsp3) is 0.135. The van der Waals surface area contributed by atoms with Crippen LogP contribution in [0.1, 0.15) is 45.8 Å². The molecule has 0 aliphatic rings. The van der Waals surface area contributed by atoms with Crippen LogP contribution < -0.4 is 10.2 Å². The van der Waals surface area contributed by atoms with Gasteiger partial charge in [-0.25, -0.2) is 32.8 Å². The van der Waals surface area contributed by atoms with Crippen molar-refractivity contribution >= 4 is 57.4 Å². The average molecular weight is 685 g/mol. The number of rotatable bonds is 5. The van der Waals surface area contributed by atoms with Crippen molar-refractivity contribution in [1.29, 1.82) is 0 Å². The topological polar surface area (TPSA) is 141 Å². The van der Waals surface area contributed by atoms with E-state index in [1.807, 2.05) is 27.7 Å². The van der Waals surface area contributed by atoms with Gasteiger partial charge in [0.2, 0.25) is 0 Å². The Labute approximate surface area is 288 Å². The van der Waals surface area contributed by atoms with Crippen LogP contribution in [0.4, 0.5) is 8.78 Å². The first kappa shape index (κ1) is 32.8. The Morgan fingerprint density at radius 3 is 1.90 bits per heavy atom. The number of hydrogen-bond acceptors (Lipinski definition) is 9. The van der Waals surface area contributed by atoms with Crippen LogP contribution in [0.15, 0.2) is 65.7 Å². The van der Waals surface area contributed by atoms with E-state index in [0.717, 1.165) is 33.8 Å². The van der Waals surface area contributed by atoms with Gasteiger partial charge in [0.25, 0.3) is 0 Å². The first-order valence-corrected chi connectivity index (χ1v) is 15.8. The summed E-state index contributed by atoms with van der Waals surface area (Å²) in [5, 5.41) is 10.1. The van der Waals surface area contributed by atoms with Crippen molar-refractivity contribution in [2.75, 3.05) is 7.11 Å². The molecule has 8 aromatic rings. The standard InChI is InChI=1S/C19H16FN5O.C18H14FN5O/c1-11-10-21-12(2)19-23-18(24-25(11)19)7-5-14-9-17(26-3)15-6-4-13(20)8-16(15)22-14;1-10-9-20-11(2)18-22-17(23-24(10)18)6-4-13-8-16(25)14-5-3-12(19)7-15(14)21-13/h4-10H,1-3H3;3-9H,1-2H3,(H,21,25). The molecule has 1 N–H and O–H groups in total. The van der Waals surface area contributed by atoms with Gasteiger partial charge in [0.1, 0.15) is 17.4 Å². The second-order valence-corrected chi connectivity index (χ2v) is 11.7. The summed E-state index contributed by atoms with van der Waals surface area (Å²) in [6.07, 6.45) is 10.4. The highest BCUT2D eigenvalue weighted by atomic mass is 19.1. The van der Waals surface area contributed by atoms with Gasteiger partial charge in [0.15, 0.2) is 28.4 Å². The maximum atomic E-state index is 13.5. The summed E-state index contributed by atoms with van der Waals surface area (Å²) in [6, 6.07) is 11.7. The number of hydrogen-bond donors (Lipinski definition) is 1. The van der Waals surface area contributed by atoms with E-state index in [1.54, 1.807) is 65.0 Å². The average Bonchev–Trinajstić information content (AvgIpc) is 3.76. The SMILES string of the molecule is COc1cc(C=Cc2nc3c(C)ncc(C)n3n2)nc2cc(F)ccc12.Cc1ncc(C)n2nc(C=Cc3cc(=O)c4ccc(F)cc4[nH]3)nc12. The summed E-state index contributed by atoms with van der Waals surface area (Å²) in [5.74, 6) is 0.940. The molecular weight excluding hydrogens is 654 g/mol. The highest BCUT2D eigenvalue weighted by Crippen LogP contribution is 2.26. The maximum absolute atomic E-state index is 13.5. The van der Waals surface area contributed by atoms with Crippen molar-refractivity contribution in [3.63, 3.8) is 0 Å². The second kappa shape index (κ2) is 13.3. The molecular formula is C37H30F2N10O2. The predicted octanol–water partition coefficient (Wildman–Crippen LogP) is 6.50. The number of H-pyrrole nitrogens is 1. The van der Waals surface area contributed by atoms with Crippen LogP contribution >= 0.6 is 0 Å². The molecule has 51 heavy (non-hydrogen) atoms. The number of fused-ring (bicyclic) bond motifs is 4. The Balaban J connectivity index is 0.000000159. The number of aromatic nitrogens is 10. The molecule has 0 amide bonds. The second-order valence-electron chi connectivity index (χ2n) is 11.7. The molecule has 0 unspecified atom stereocenters. The van der Waals surface area contributed by atoms with E-state index in [9.17, 15) is 13.6 Å². The molecule has 6 heterocycles. The third-order valence-electron chi connectivity index (χ3n) is 8.05. The van der Waals surface area contributed by atoms with Crippen LogP contribution in [0.25, 0.3) is 57.4 Å². The smallest absolute Gasteiger partial charge is 0.189 e. The molecule has 0 aliphatic heterocycles. The molecule has 6 aromatic heterocycles. The molecule has 14 heteroatoms. The van der Waals surface area contributed by atoms with E-state index in [2.05, 4.69) is 40.1 Å². The van der Waals surface area contributed by atoms with Gasteiger partial charge in [0, 0.05) is 47.1 Å². The van der Waals surface area contributed by atoms with E-state index < -0.39 is 5.82 Å². The molecule has 0 saturated carbocycles. The summed E-state index contributed by atoms with van der Waals surface area (Å²) in [7, 11) is 1.58. The lowest BCUT2D eigenvalue weighted by Gasteiger charge is -2.06. The number of methoxy groups -OCH3 is 1. The minimum absolute atomic E-state index is 0.174. The van der Waals surface area contributed by atoms with E-state index in [4.69, 9.17) is 4.74 Å². The van der Waals surface area contributed by atoms with Gasteiger partial charge < -0.3 is 9.72 Å². The molecule has 0 bridgehead atoms. The van der Waals surface area contributed by atoms with Gasteiger partial charge in [-0.05, 0) is 82.3 Å². The summed E-state index contributed by atoms with van der Waals surface area (Å²) >= 11 is 0. The van der Waals surface area contributed by atoms with Crippen LogP contribution in [0.2, 0.25) is 0 Å². The summed E-state index contributed by atoms with van der Waals surface area (Å²) in [5.41, 5.74) is 6.77. The minimum Gasteiger partial charge on any atom is -0.496 e. The highest BCUT2D eigenvalue weighted by Gasteiger charge is 2.10. The molecule has 0 aliphatic carbocycles. The van der Waals surface area contributed by atoms with E-state index in [1.165, 1.54) is 36.4 Å². The Morgan fingerprint density at radius 2 is 1.29 bits per heavy atom. The van der Waals surface area contributed by atoms with Crippen molar-refractivity contribution in [3.8, 4) is 5.75 Å². The summed E-state index contributed by atoms with van der Waals surface area (Å²) in [4.78, 5) is 37.1. The van der Waals surface area contributed by atoms with Gasteiger partial charge in [-0.15, -0.1) is 10.2 Å². The van der Waals surface area contributed by atoms with Gasteiger partial charge in [0.05, 0.1) is 46.6 Å². The normalized spacial score (nSPS) is 11.7. The predicted molar refractivity (Wildman–Crippen MR) is 191 cm³/mol. The number of pyridine rings is 2. The zero-order valence-corrected chi connectivity index (χ0v) is 28.2. The summed E-state index contributed by atoms with van der Waals surface area (Å²) in [6.45, 7) is 7.58. The van der Waals surface area contributed by atoms with Crippen LogP contribution in [-0.2, 0) is 0 Å². The Hall–Kier alpha value is -6.70. The Morgan fingerprint density at radius 1 is 0.706 bits per heavy atom. The lowest BCUT2D eigenvalue weighted by atomic mass is 10.1. The van der Waals surface area contributed by atoms with Crippen LogP contribution in [0.5, 0.6) is 5.75 Å². The lowest BCUT2D eigenvalue weighted by Crippen LogP contribution is -2.03. The van der Waals surface area contributed by atoms with Crippen molar-refractivity contribution < 1.29 is 13.5 Å². The van der Waals surface area contributed by atoms with Crippen molar-refractivity contribution in [3.05, 3.63) is 129 Å². The third kappa shape index (κ3) is 6.66. The fourth-order valence-corrected chi connectivity index (χ4v) is 5.47. The maximum Gasteiger partial charge on any atom is 0.189 e. The van der Waals surface area contributed by atoms with Gasteiger partial charge in [-0.3, -0.25) is 14.8 Å². The zero-order valence-electron chi connectivity index (χ0n) is 28.2. The number of nitrogens with one attached hydrogen (secondary N) is 1. The highest BCUT2D eigenvalue weighted by molar-refractivity contribution is 5.87. The largest absolute Gasteiger partial charge is 0.496 e. The molecule has 0 atom stereocenters. The molecule has 0 saturated heterocycles. The van der Waals surface area contributed by atoms with Crippen LogP contribution in [-0.4, -0.2) is 56.2 Å². The number of benzene rings is 2. The number of aryl methyl sites for hydroxylation is 4. The lowest BCUT2D eigenvalue weighted by molar-refractivity contribution is 0.419. The molecule has 12 nitrogen and oxygen atoms in total. The van der Waals surface area contributed by atoms with Crippen molar-refractivity contribution in [2.45, 2.75) is 27.7 Å². The number of halogens is 2. The first-order valence-electron chi connectivity index (χ1n) is 15.8. The molecule has 0 radical (unpaired) electrons. The monoisotopic (exact) mass is 684 g/mol. The first-order chi connectivity index (χ1) is 24.6. The number of ether oxygens (including phenoxy) is 1. The van der Waals surface area contributed by atoms with Crippen LogP contribution in [0, 0.1) is 39.3 Å². The molecule has 0 fully saturated rings. The third-order valence-corrected chi connectivity index (χ3v) is 8.05. The van der Waals surface area contributed by atoms with Crippen molar-refractivity contribution in [1.82, 2.24) is 49.1 Å². The molecule has 2 aromatic carbocycles. The van der Waals surface area contributed by atoms with Gasteiger partial charge in [-0.1, -0.05) is 0 Å². The van der Waals surface area contributed by atoms with E-state index >= 15 is 0 Å². The van der Waals surface area contributed by atoms with Crippen LogP contribution in [0.3, 0.4) is 0 Å². The minimum atomic E-state index is -0.398. The number of nitrogens with zero attached hydrogens (tertiary/aromatic N) is 9. The molecule has 8 rings (SSSR count). The number of aromatic amines is 1. The van der Waals surface area contributed by atoms with Gasteiger partial charge in [-0.2, -0.15) is 0 Å². The van der Waals surface area contributed by atoms with E-state index in [0.29, 0.717) is 50.9 Å². The molecule has 0 spiro atoms. The van der Waals surface area contributed by atoms with Crippen molar-refractivity contribution in [2.24, 2.45) is 0 Å². The van der Waals surface area contributed by atoms with Gasteiger partial charge >= 0.3 is 0 Å². The fourth-order valence-electron chi connectivity index (χ4n) is 5.47. The summed E-state index contributed by atoms with van der Waals surface area (Å²) < 4.78 is 35.8. The molecule has 254 valence electrons. The van der Waals surface area contributed by atoms with E-state index in [-0.39, 0.29) is 11.2 Å². The Kier molecular flexibility index (Phi) is 8.57. The zero-order chi connectivity index (χ0) is 35.8. The Bertz CT molecular complexity index is 2670. The quantitative estimate of drug-likeness (QED) is 0.215.